The van der Waals surface area contributed by atoms with E-state index in [0.717, 1.165) is 128 Å². The highest BCUT2D eigenvalue weighted by atomic mass is 16.6. The third-order valence-corrected chi connectivity index (χ3v) is 10.6. The number of esters is 3. The van der Waals surface area contributed by atoms with Crippen LogP contribution in [0.4, 0.5) is 0 Å². The zero-order valence-corrected chi connectivity index (χ0v) is 42.9. The Labute approximate surface area is 411 Å². The van der Waals surface area contributed by atoms with Gasteiger partial charge < -0.3 is 14.2 Å². The lowest BCUT2D eigenvalue weighted by Gasteiger charge is -2.18. The average molecular weight is 925 g/mol. The van der Waals surface area contributed by atoms with Crippen LogP contribution in [-0.2, 0) is 28.6 Å². The molecule has 376 valence electrons. The Morgan fingerprint density at radius 1 is 0.313 bits per heavy atom. The monoisotopic (exact) mass is 925 g/mol. The van der Waals surface area contributed by atoms with Crippen molar-refractivity contribution in [3.8, 4) is 0 Å². The third-order valence-electron chi connectivity index (χ3n) is 10.6. The summed E-state index contributed by atoms with van der Waals surface area (Å²) in [7, 11) is 0. The zero-order chi connectivity index (χ0) is 48.6. The van der Waals surface area contributed by atoms with Crippen LogP contribution in [0.25, 0.3) is 0 Å². The SMILES string of the molecule is CC/C=C\C/C=C\C/C=C\C/C=C\C/C=C\C/C=C\CCCCCCC(=O)OCC(COC(=O)CCCCCCC/C=C\CCCCCC)OC(=O)CC/C=C\C/C=C\C/C=C\C/C=C\CC. The zero-order valence-electron chi connectivity index (χ0n) is 42.9. The molecular formula is C61H96O6. The van der Waals surface area contributed by atoms with Crippen LogP contribution in [0.5, 0.6) is 0 Å². The Kier molecular flexibility index (Phi) is 50.6. The van der Waals surface area contributed by atoms with Crippen molar-refractivity contribution in [1.29, 1.82) is 0 Å². The summed E-state index contributed by atoms with van der Waals surface area (Å²) >= 11 is 0. The van der Waals surface area contributed by atoms with Crippen molar-refractivity contribution in [2.24, 2.45) is 0 Å². The molecule has 0 rings (SSSR count). The summed E-state index contributed by atoms with van der Waals surface area (Å²) in [4.78, 5) is 38.0. The first-order valence-electron chi connectivity index (χ1n) is 26.7. The molecule has 0 saturated heterocycles. The minimum Gasteiger partial charge on any atom is -0.462 e. The van der Waals surface area contributed by atoms with Gasteiger partial charge in [-0.1, -0.05) is 206 Å². The van der Waals surface area contributed by atoms with Crippen molar-refractivity contribution in [3.05, 3.63) is 134 Å². The molecular weight excluding hydrogens is 829 g/mol. The van der Waals surface area contributed by atoms with Crippen LogP contribution in [0.2, 0.25) is 0 Å². The molecule has 6 heteroatoms. The number of carbonyl (C=O) groups excluding carboxylic acids is 3. The van der Waals surface area contributed by atoms with Gasteiger partial charge in [0, 0.05) is 19.3 Å². The normalized spacial score (nSPS) is 13.2. The summed E-state index contributed by atoms with van der Waals surface area (Å²) in [6, 6.07) is 0. The van der Waals surface area contributed by atoms with Gasteiger partial charge in [0.25, 0.3) is 0 Å². The molecule has 0 aliphatic rings. The smallest absolute Gasteiger partial charge is 0.306 e. The molecule has 0 aromatic carbocycles. The highest BCUT2D eigenvalue weighted by Gasteiger charge is 2.19. The summed E-state index contributed by atoms with van der Waals surface area (Å²) in [5.74, 6) is -1.05. The number of hydrogen-bond acceptors (Lipinski definition) is 6. The van der Waals surface area contributed by atoms with Gasteiger partial charge in [0.2, 0.25) is 0 Å². The van der Waals surface area contributed by atoms with Gasteiger partial charge in [-0.2, -0.15) is 0 Å². The van der Waals surface area contributed by atoms with Crippen LogP contribution in [0, 0.1) is 0 Å². The van der Waals surface area contributed by atoms with E-state index in [1.54, 1.807) is 0 Å². The number of unbranched alkanes of at least 4 members (excludes halogenated alkanes) is 13. The lowest BCUT2D eigenvalue weighted by Crippen LogP contribution is -2.30. The van der Waals surface area contributed by atoms with Crippen molar-refractivity contribution in [2.45, 2.75) is 219 Å². The molecule has 1 atom stereocenters. The van der Waals surface area contributed by atoms with Crippen molar-refractivity contribution in [2.75, 3.05) is 13.2 Å². The first kappa shape index (κ1) is 62.5. The number of hydrogen-bond donors (Lipinski definition) is 0. The molecule has 67 heavy (non-hydrogen) atoms. The molecule has 0 aliphatic heterocycles. The third kappa shape index (κ3) is 52.4. The molecule has 0 amide bonds. The Hall–Kier alpha value is -4.45. The van der Waals surface area contributed by atoms with Crippen LogP contribution in [-0.4, -0.2) is 37.2 Å². The fourth-order valence-electron chi connectivity index (χ4n) is 6.69. The molecule has 0 radical (unpaired) electrons. The van der Waals surface area contributed by atoms with Gasteiger partial charge in [-0.3, -0.25) is 14.4 Å². The quantitative estimate of drug-likeness (QED) is 0.0262. The number of carbonyl (C=O) groups is 3. The summed E-state index contributed by atoms with van der Waals surface area (Å²) in [5.41, 5.74) is 0. The Morgan fingerprint density at radius 2 is 0.612 bits per heavy atom. The fraction of sp³-hybridized carbons (Fsp3) is 0.590. The summed E-state index contributed by atoms with van der Waals surface area (Å²) in [5, 5.41) is 0. The molecule has 0 saturated carbocycles. The predicted octanol–water partition coefficient (Wildman–Crippen LogP) is 17.9. The second kappa shape index (κ2) is 54.2. The number of allylic oxidation sites excluding steroid dienone is 22. The second-order valence-corrected chi connectivity index (χ2v) is 17.0. The highest BCUT2D eigenvalue weighted by Crippen LogP contribution is 2.12. The van der Waals surface area contributed by atoms with E-state index in [2.05, 4.69) is 142 Å². The van der Waals surface area contributed by atoms with Crippen LogP contribution >= 0.6 is 0 Å². The maximum atomic E-state index is 12.8. The van der Waals surface area contributed by atoms with E-state index < -0.39 is 12.1 Å². The molecule has 0 spiro atoms. The van der Waals surface area contributed by atoms with Gasteiger partial charge in [0.1, 0.15) is 13.2 Å². The predicted molar refractivity (Wildman–Crippen MR) is 288 cm³/mol. The average Bonchev–Trinajstić information content (AvgIpc) is 3.33. The van der Waals surface area contributed by atoms with Crippen LogP contribution in [0.1, 0.15) is 213 Å². The Balaban J connectivity index is 4.49. The first-order chi connectivity index (χ1) is 33.0. The lowest BCUT2D eigenvalue weighted by molar-refractivity contribution is -0.166. The molecule has 0 fully saturated rings. The van der Waals surface area contributed by atoms with Gasteiger partial charge in [0.15, 0.2) is 6.10 Å². The van der Waals surface area contributed by atoms with Crippen LogP contribution in [0.15, 0.2) is 134 Å². The highest BCUT2D eigenvalue weighted by molar-refractivity contribution is 5.71. The molecule has 0 heterocycles. The number of rotatable bonds is 46. The molecule has 0 N–H and O–H groups in total. The van der Waals surface area contributed by atoms with Gasteiger partial charge in [0.05, 0.1) is 0 Å². The maximum absolute atomic E-state index is 12.8. The molecule has 6 nitrogen and oxygen atoms in total. The molecule has 0 aliphatic carbocycles. The largest absolute Gasteiger partial charge is 0.462 e. The summed E-state index contributed by atoms with van der Waals surface area (Å²) < 4.78 is 16.7. The van der Waals surface area contributed by atoms with Gasteiger partial charge in [-0.05, 0) is 122 Å². The van der Waals surface area contributed by atoms with Gasteiger partial charge in [-0.25, -0.2) is 0 Å². The molecule has 0 aromatic heterocycles. The van der Waals surface area contributed by atoms with Crippen molar-refractivity contribution >= 4 is 17.9 Å². The van der Waals surface area contributed by atoms with Crippen molar-refractivity contribution < 1.29 is 28.6 Å². The summed E-state index contributed by atoms with van der Waals surface area (Å²) in [6.45, 7) is 6.28. The van der Waals surface area contributed by atoms with Crippen LogP contribution < -0.4 is 0 Å². The first-order valence-corrected chi connectivity index (χ1v) is 26.7. The van der Waals surface area contributed by atoms with Gasteiger partial charge in [-0.15, -0.1) is 0 Å². The van der Waals surface area contributed by atoms with E-state index in [1.807, 2.05) is 12.2 Å². The Bertz CT molecular complexity index is 1480. The standard InChI is InChI=1S/C61H96O6/c1-4-7-10-13-16-19-22-25-26-27-28-29-30-31-32-33-34-37-39-42-45-48-51-54-60(63)66-57-58(67-61(64)55-52-49-46-43-40-36-24-21-18-15-12-9-6-3)56-65-59(62)53-50-47-44-41-38-35-23-20-17-14-11-8-5-2/h7,9-10,12,16,18-21,23,25-26,28-29,31-32,34,36-37,40,46,49,58H,4-6,8,11,13-15,17,22,24,27,30,33,35,38-39,41-45,47-48,50-57H2,1-3H3/b10-7-,12-9-,19-16-,21-18-,23-20-,26-25-,29-28-,32-31-,37-34-,40-36-,49-46-. The fourth-order valence-corrected chi connectivity index (χ4v) is 6.69. The molecule has 1 unspecified atom stereocenters. The second-order valence-electron chi connectivity index (χ2n) is 17.0. The summed E-state index contributed by atoms with van der Waals surface area (Å²) in [6.07, 6.45) is 75.9. The minimum absolute atomic E-state index is 0.124. The molecule has 0 bridgehead atoms. The van der Waals surface area contributed by atoms with E-state index in [0.29, 0.717) is 19.3 Å². The minimum atomic E-state index is -0.834. The lowest BCUT2D eigenvalue weighted by atomic mass is 10.1. The Morgan fingerprint density at radius 3 is 0.985 bits per heavy atom. The van der Waals surface area contributed by atoms with Crippen LogP contribution in [0.3, 0.4) is 0 Å². The van der Waals surface area contributed by atoms with E-state index in [9.17, 15) is 14.4 Å². The van der Waals surface area contributed by atoms with E-state index in [1.165, 1.54) is 38.5 Å². The van der Waals surface area contributed by atoms with Gasteiger partial charge >= 0.3 is 17.9 Å². The van der Waals surface area contributed by atoms with Crippen molar-refractivity contribution in [3.63, 3.8) is 0 Å². The van der Waals surface area contributed by atoms with E-state index in [-0.39, 0.29) is 31.6 Å². The maximum Gasteiger partial charge on any atom is 0.306 e. The molecule has 0 aromatic rings. The van der Waals surface area contributed by atoms with E-state index >= 15 is 0 Å². The number of ether oxygens (including phenoxy) is 3. The van der Waals surface area contributed by atoms with Crippen molar-refractivity contribution in [1.82, 2.24) is 0 Å². The van der Waals surface area contributed by atoms with E-state index in [4.69, 9.17) is 14.2 Å². The topological polar surface area (TPSA) is 78.9 Å².